The summed E-state index contributed by atoms with van der Waals surface area (Å²) in [6.07, 6.45) is 6.21. The molecule has 0 saturated heterocycles. The predicted octanol–water partition coefficient (Wildman–Crippen LogP) is 3.85. The first-order valence-corrected chi connectivity index (χ1v) is 10.5. The van der Waals surface area contributed by atoms with Gasteiger partial charge in [-0.05, 0) is 43.9 Å². The number of hydrogen-bond acceptors (Lipinski definition) is 5. The number of nitrogens with zero attached hydrogens (tertiary/aromatic N) is 4. The fourth-order valence-corrected chi connectivity index (χ4v) is 4.08. The molecule has 1 aliphatic carbocycles. The molecule has 0 amide bonds. The molecule has 3 atom stereocenters. The van der Waals surface area contributed by atoms with E-state index < -0.39 is 0 Å². The summed E-state index contributed by atoms with van der Waals surface area (Å²) in [4.78, 5) is 25.8. The molecule has 0 aromatic carbocycles. The normalized spacial score (nSPS) is 20.2. The Morgan fingerprint density at radius 2 is 1.97 bits per heavy atom. The van der Waals surface area contributed by atoms with E-state index >= 15 is 0 Å². The Balaban J connectivity index is 1.57. The topological polar surface area (TPSA) is 69.9 Å². The van der Waals surface area contributed by atoms with Crippen molar-refractivity contribution in [2.75, 3.05) is 6.61 Å². The molecule has 0 bridgehead atoms. The highest BCUT2D eigenvalue weighted by Gasteiger charge is 2.49. The second-order valence-corrected chi connectivity index (χ2v) is 8.28. The van der Waals surface area contributed by atoms with Crippen LogP contribution in [0.15, 0.2) is 41.6 Å². The second kappa shape index (κ2) is 8.01. The van der Waals surface area contributed by atoms with E-state index in [0.717, 1.165) is 22.4 Å². The van der Waals surface area contributed by atoms with Gasteiger partial charge in [-0.2, -0.15) is 4.98 Å². The van der Waals surface area contributed by atoms with Gasteiger partial charge >= 0.3 is 0 Å². The minimum Gasteiger partial charge on any atom is -0.477 e. The van der Waals surface area contributed by atoms with Crippen LogP contribution in [0.3, 0.4) is 0 Å². The number of aromatic nitrogens is 4. The van der Waals surface area contributed by atoms with Crippen LogP contribution in [0.2, 0.25) is 0 Å². The van der Waals surface area contributed by atoms with Crippen molar-refractivity contribution < 1.29 is 4.74 Å². The minimum absolute atomic E-state index is 0.0250. The smallest absolute Gasteiger partial charge is 0.253 e. The number of rotatable bonds is 6. The van der Waals surface area contributed by atoms with E-state index in [4.69, 9.17) is 4.74 Å². The van der Waals surface area contributed by atoms with Gasteiger partial charge in [-0.25, -0.2) is 4.98 Å². The molecule has 30 heavy (non-hydrogen) atoms. The van der Waals surface area contributed by atoms with Crippen LogP contribution in [0.1, 0.15) is 42.4 Å². The van der Waals surface area contributed by atoms with Crippen molar-refractivity contribution >= 4 is 0 Å². The zero-order valence-corrected chi connectivity index (χ0v) is 18.2. The molecule has 4 rings (SSSR count). The van der Waals surface area contributed by atoms with Gasteiger partial charge in [-0.15, -0.1) is 0 Å². The summed E-state index contributed by atoms with van der Waals surface area (Å²) < 4.78 is 7.83. The summed E-state index contributed by atoms with van der Waals surface area (Å²) in [6.45, 7) is 8.71. The van der Waals surface area contributed by atoms with Crippen molar-refractivity contribution in [2.45, 2.75) is 40.0 Å². The molecule has 1 fully saturated rings. The summed E-state index contributed by atoms with van der Waals surface area (Å²) in [6, 6.07) is 6.15. The largest absolute Gasteiger partial charge is 0.477 e. The van der Waals surface area contributed by atoms with Crippen LogP contribution < -0.4 is 10.3 Å². The van der Waals surface area contributed by atoms with E-state index in [9.17, 15) is 4.79 Å². The Hall–Kier alpha value is -3.02. The Labute approximate surface area is 177 Å². The van der Waals surface area contributed by atoms with Gasteiger partial charge in [0, 0.05) is 54.3 Å². The lowest BCUT2D eigenvalue weighted by Gasteiger charge is -2.13. The molecule has 1 saturated carbocycles. The van der Waals surface area contributed by atoms with Gasteiger partial charge < -0.3 is 9.30 Å². The minimum atomic E-state index is 0.0250. The van der Waals surface area contributed by atoms with Crippen LogP contribution in [0.25, 0.3) is 11.1 Å². The van der Waals surface area contributed by atoms with E-state index in [1.54, 1.807) is 17.8 Å². The maximum atomic E-state index is 12.3. The Morgan fingerprint density at radius 3 is 2.67 bits per heavy atom. The average Bonchev–Trinajstić information content (AvgIpc) is 3.38. The lowest BCUT2D eigenvalue weighted by atomic mass is 10.1. The Bertz CT molecular complexity index is 1120. The van der Waals surface area contributed by atoms with E-state index in [2.05, 4.69) is 40.9 Å². The van der Waals surface area contributed by atoms with Crippen molar-refractivity contribution in [1.29, 1.82) is 0 Å². The van der Waals surface area contributed by atoms with Crippen LogP contribution in [0.4, 0.5) is 0 Å². The van der Waals surface area contributed by atoms with Crippen molar-refractivity contribution in [1.82, 2.24) is 19.5 Å². The van der Waals surface area contributed by atoms with Crippen LogP contribution >= 0.6 is 0 Å². The molecule has 6 heteroatoms. The van der Waals surface area contributed by atoms with Gasteiger partial charge in [0.2, 0.25) is 5.88 Å². The second-order valence-electron chi connectivity index (χ2n) is 8.28. The number of pyridine rings is 2. The molecule has 6 nitrogen and oxygen atoms in total. The molecule has 0 spiro atoms. The molecule has 3 aromatic heterocycles. The third-order valence-electron chi connectivity index (χ3n) is 6.07. The summed E-state index contributed by atoms with van der Waals surface area (Å²) in [5, 5.41) is 0. The molecule has 156 valence electrons. The fraction of sp³-hybridized carbons (Fsp3) is 0.417. The van der Waals surface area contributed by atoms with Gasteiger partial charge in [-0.1, -0.05) is 19.9 Å². The summed E-state index contributed by atoms with van der Waals surface area (Å²) in [5.74, 6) is 2.58. The molecule has 1 aliphatic rings. The van der Waals surface area contributed by atoms with E-state index in [0.29, 0.717) is 42.5 Å². The third kappa shape index (κ3) is 3.86. The molecular weight excluding hydrogens is 376 g/mol. The average molecular weight is 405 g/mol. The number of aryl methyl sites for hydroxylation is 4. The van der Waals surface area contributed by atoms with E-state index in [-0.39, 0.29) is 5.56 Å². The van der Waals surface area contributed by atoms with Crippen molar-refractivity contribution in [3.8, 4) is 17.0 Å². The maximum absolute atomic E-state index is 12.3. The number of hydrogen-bond donors (Lipinski definition) is 0. The van der Waals surface area contributed by atoms with Crippen molar-refractivity contribution in [3.63, 3.8) is 0 Å². The molecule has 3 unspecified atom stereocenters. The van der Waals surface area contributed by atoms with E-state index in [1.165, 1.54) is 5.56 Å². The van der Waals surface area contributed by atoms with Crippen LogP contribution in [0, 0.1) is 25.7 Å². The Morgan fingerprint density at radius 1 is 1.17 bits per heavy atom. The maximum Gasteiger partial charge on any atom is 0.253 e. The van der Waals surface area contributed by atoms with Crippen molar-refractivity contribution in [2.24, 2.45) is 18.9 Å². The highest BCUT2D eigenvalue weighted by Crippen LogP contribution is 2.53. The predicted molar refractivity (Wildman–Crippen MR) is 117 cm³/mol. The SMILES string of the molecule is CCc1cc(-c2cnc(C)nc2OCC2C(C)C2c2ccc(C)cn2)cn(C)c1=O. The summed E-state index contributed by atoms with van der Waals surface area (Å²) in [5.41, 5.74) is 4.80. The quantitative estimate of drug-likeness (QED) is 0.624. The van der Waals surface area contributed by atoms with Crippen LogP contribution in [0.5, 0.6) is 5.88 Å². The van der Waals surface area contributed by atoms with Gasteiger partial charge in [0.05, 0.1) is 12.2 Å². The standard InChI is InChI=1S/C24H28N4O2/c1-6-17-9-18(12-28(5)24(17)29)19-11-25-16(4)27-23(19)30-13-20-15(3)22(20)21-8-7-14(2)10-26-21/h7-12,15,20,22H,6,13H2,1-5H3. The number of ether oxygens (including phenoxy) is 1. The van der Waals surface area contributed by atoms with Gasteiger partial charge in [0.1, 0.15) is 5.82 Å². The van der Waals surface area contributed by atoms with Gasteiger partial charge in [0.15, 0.2) is 0 Å². The summed E-state index contributed by atoms with van der Waals surface area (Å²) >= 11 is 0. The summed E-state index contributed by atoms with van der Waals surface area (Å²) in [7, 11) is 1.77. The highest BCUT2D eigenvalue weighted by atomic mass is 16.5. The molecule has 3 heterocycles. The molecule has 0 radical (unpaired) electrons. The van der Waals surface area contributed by atoms with Crippen molar-refractivity contribution in [3.05, 3.63) is 69.8 Å². The van der Waals surface area contributed by atoms with Gasteiger partial charge in [0.25, 0.3) is 5.56 Å². The zero-order chi connectivity index (χ0) is 21.4. The Kier molecular flexibility index (Phi) is 5.41. The first kappa shape index (κ1) is 20.3. The molecule has 3 aromatic rings. The fourth-order valence-electron chi connectivity index (χ4n) is 4.08. The molecule has 0 N–H and O–H groups in total. The van der Waals surface area contributed by atoms with Gasteiger partial charge in [-0.3, -0.25) is 9.78 Å². The monoisotopic (exact) mass is 404 g/mol. The highest BCUT2D eigenvalue weighted by molar-refractivity contribution is 5.67. The van der Waals surface area contributed by atoms with E-state index in [1.807, 2.05) is 32.3 Å². The third-order valence-corrected chi connectivity index (χ3v) is 6.07. The molecule has 0 aliphatic heterocycles. The first-order chi connectivity index (χ1) is 14.4. The lowest BCUT2D eigenvalue weighted by molar-refractivity contribution is 0.280. The molecular formula is C24H28N4O2. The zero-order valence-electron chi connectivity index (χ0n) is 18.2. The van der Waals surface area contributed by atoms with Crippen LogP contribution in [-0.2, 0) is 13.5 Å². The lowest BCUT2D eigenvalue weighted by Crippen LogP contribution is -2.20. The van der Waals surface area contributed by atoms with Crippen LogP contribution in [-0.4, -0.2) is 26.1 Å². The first-order valence-electron chi connectivity index (χ1n) is 10.5.